The van der Waals surface area contributed by atoms with Crippen LogP contribution in [0.2, 0.25) is 0 Å². The molecule has 0 saturated carbocycles. The lowest BCUT2D eigenvalue weighted by Gasteiger charge is -2.07. The number of hydrogen-bond donors (Lipinski definition) is 10. The zero-order valence-corrected chi connectivity index (χ0v) is 50.1. The van der Waals surface area contributed by atoms with Crippen molar-refractivity contribution in [3.8, 4) is 0 Å². The van der Waals surface area contributed by atoms with Gasteiger partial charge in [0.2, 0.25) is 28.6 Å². The first-order valence-corrected chi connectivity index (χ1v) is 28.8. The number of unbranched alkanes of at least 4 members (excludes halogenated alkanes) is 4. The summed E-state index contributed by atoms with van der Waals surface area (Å²) in [5.41, 5.74) is -11.1. The molecule has 0 bridgehead atoms. The topological polar surface area (TPSA) is 480 Å². The number of hydrogen-bond acceptors (Lipinski definition) is 20. The monoisotopic (exact) mass is 1390 g/mol. The molecule has 516 valence electrons. The molecular weight excluding hydrogens is 1340 g/mol. The third-order valence-electron chi connectivity index (χ3n) is 13.2. The fraction of sp³-hybridized carbons (Fsp3) is 0.375. The summed E-state index contributed by atoms with van der Waals surface area (Å²) in [7, 11) is 0. The van der Waals surface area contributed by atoms with E-state index in [4.69, 9.17) is 24.9 Å². The number of aryl methyl sites for hydroxylation is 5. The van der Waals surface area contributed by atoms with Gasteiger partial charge in [0.25, 0.3) is 27.8 Å². The molecule has 0 aliphatic carbocycles. The Hall–Kier alpha value is -10.9. The summed E-state index contributed by atoms with van der Waals surface area (Å²) < 4.78 is 132. The summed E-state index contributed by atoms with van der Waals surface area (Å²) in [6.45, 7) is 2.11. The summed E-state index contributed by atoms with van der Waals surface area (Å²) in [5, 5.41) is 0.0426. The number of aromatic amines is 10. The molecule has 0 fully saturated rings. The van der Waals surface area contributed by atoms with Crippen LogP contribution >= 0.6 is 11.6 Å². The molecule has 40 heteroatoms. The fourth-order valence-electron chi connectivity index (χ4n) is 9.27. The van der Waals surface area contributed by atoms with Crippen molar-refractivity contribution in [3.63, 3.8) is 0 Å². The SMILES string of the molecule is CCCCCCc1cc(=O)oc2[nH]c(=O)[nH]c(=O)c12.O=c1[nH]c(=O)c2c(CCC(F)(F)F)cc(=O)oc2[nH]1.O=c1[nH]c(=O)c2c(CCCC(F)(F)F)cc(=O)oc2[nH]1.O=c1[nH]c(=O)c2c(CCCCC(F)(F)F)cc(=O)oc2[nH]1.O=c1[nH]c(=O)c2c(CCCCl)cc(=O)oc2[nH]1. The Labute approximate surface area is 525 Å². The Bertz CT molecular complexity index is 5380. The number of alkyl halides is 10. The Morgan fingerprint density at radius 1 is 0.302 bits per heavy atom. The highest BCUT2D eigenvalue weighted by molar-refractivity contribution is 6.17. The standard InChI is InChI=1S/C13H16N2O4.C12H11F3N2O4.C11H9F3N2O4.C10H9ClN2O4.C10H7F3N2O4/c1-2-3-4-5-6-8-7-9(16)19-12-10(8)11(17)14-13(18)15-12;13-12(14,15)4-2-1-3-6-5-7(18)21-10-8(6)9(19)16-11(20)17-10;12-11(13,14)3-1-2-5-4-6(17)20-9-7(5)8(18)15-10(19)16-9;11-3-1-2-5-4-6(14)17-9-7(5)8(15)12-10(16)13-9;11-10(12,13)2-1-4-3-5(16)19-8-6(4)7(17)14-9(18)15-8/h7H,2-6H2,1H3,(H2,14,15,17,18);5H,1-4H2,(H2,16,17,19,20);4H,1-3H2,(H2,15,16,18,19);4H,1-3H2,(H2,12,13,15,16);3H,1-2H2,(H2,14,15,17,18). The molecule has 10 aromatic rings. The fourth-order valence-corrected chi connectivity index (χ4v) is 9.41. The van der Waals surface area contributed by atoms with Crippen LogP contribution in [0.3, 0.4) is 0 Å². The molecule has 0 saturated heterocycles. The zero-order valence-electron chi connectivity index (χ0n) is 49.4. The number of H-pyrrole nitrogens is 10. The van der Waals surface area contributed by atoms with Crippen molar-refractivity contribution in [2.45, 2.75) is 128 Å². The van der Waals surface area contributed by atoms with E-state index in [1.807, 2.05) is 19.9 Å². The molecule has 96 heavy (non-hydrogen) atoms. The van der Waals surface area contributed by atoms with Gasteiger partial charge in [0.05, 0.1) is 0 Å². The Kier molecular flexibility index (Phi) is 25.0. The minimum atomic E-state index is -4.42. The third-order valence-corrected chi connectivity index (χ3v) is 13.5. The van der Waals surface area contributed by atoms with Crippen molar-refractivity contribution in [3.05, 3.63) is 214 Å². The quantitative estimate of drug-likeness (QED) is 0.0332. The number of aromatic nitrogens is 10. The first-order valence-electron chi connectivity index (χ1n) is 28.2. The van der Waals surface area contributed by atoms with Crippen LogP contribution in [0.5, 0.6) is 0 Å². The summed E-state index contributed by atoms with van der Waals surface area (Å²) >= 11 is 5.56. The Morgan fingerprint density at radius 2 is 0.542 bits per heavy atom. The summed E-state index contributed by atoms with van der Waals surface area (Å²) in [6.07, 6.45) is -11.1. The van der Waals surface area contributed by atoms with Gasteiger partial charge < -0.3 is 22.1 Å². The summed E-state index contributed by atoms with van der Waals surface area (Å²) in [4.78, 5) is 191. The van der Waals surface area contributed by atoms with Gasteiger partial charge in [0.1, 0.15) is 26.9 Å². The molecule has 0 aromatic carbocycles. The van der Waals surface area contributed by atoms with Crippen molar-refractivity contribution in [2.24, 2.45) is 0 Å². The number of fused-ring (bicyclic) bond motifs is 5. The molecule has 10 aromatic heterocycles. The zero-order chi connectivity index (χ0) is 71.0. The second-order valence-electron chi connectivity index (χ2n) is 20.5. The molecule has 10 N–H and O–H groups in total. The minimum Gasteiger partial charge on any atom is -0.405 e. The smallest absolute Gasteiger partial charge is 0.389 e. The van der Waals surface area contributed by atoms with Gasteiger partial charge in [-0.05, 0) is 92.0 Å². The van der Waals surface area contributed by atoms with E-state index in [0.29, 0.717) is 36.3 Å². The average molecular weight is 1390 g/mol. The average Bonchev–Trinajstić information content (AvgIpc) is 0.856. The van der Waals surface area contributed by atoms with Crippen molar-refractivity contribution in [2.75, 3.05) is 5.88 Å². The highest BCUT2D eigenvalue weighted by Gasteiger charge is 2.29. The normalized spacial score (nSPS) is 11.6. The van der Waals surface area contributed by atoms with Gasteiger partial charge in [0.15, 0.2) is 0 Å². The molecule has 0 radical (unpaired) electrons. The van der Waals surface area contributed by atoms with Gasteiger partial charge in [-0.3, -0.25) is 73.8 Å². The van der Waals surface area contributed by atoms with Gasteiger partial charge in [-0.15, -0.1) is 11.6 Å². The highest BCUT2D eigenvalue weighted by Crippen LogP contribution is 2.26. The van der Waals surface area contributed by atoms with E-state index in [1.165, 1.54) is 12.1 Å². The summed E-state index contributed by atoms with van der Waals surface area (Å²) in [6, 6.07) is 5.36. The predicted octanol–water partition coefficient (Wildman–Crippen LogP) is 4.80. The summed E-state index contributed by atoms with van der Waals surface area (Å²) in [5.74, 6) is 0.420. The molecule has 0 amide bonds. The molecule has 0 aliphatic heterocycles. The van der Waals surface area contributed by atoms with Crippen molar-refractivity contribution >= 4 is 67.1 Å². The molecule has 0 atom stereocenters. The van der Waals surface area contributed by atoms with E-state index in [0.717, 1.165) is 43.9 Å². The number of rotatable bonds is 17. The molecule has 30 nitrogen and oxygen atoms in total. The molecule has 0 spiro atoms. The van der Waals surface area contributed by atoms with Crippen LogP contribution in [-0.4, -0.2) is 74.2 Å². The predicted molar refractivity (Wildman–Crippen MR) is 322 cm³/mol. The molecule has 10 rings (SSSR count). The maximum absolute atomic E-state index is 12.2. The lowest BCUT2D eigenvalue weighted by atomic mass is 10.1. The second kappa shape index (κ2) is 32.3. The van der Waals surface area contributed by atoms with E-state index in [2.05, 4.69) is 45.7 Å². The first kappa shape index (κ1) is 74.2. The van der Waals surface area contributed by atoms with Gasteiger partial charge >= 0.3 is 75.1 Å². The number of nitrogens with one attached hydrogen (secondary N) is 10. The lowest BCUT2D eigenvalue weighted by Crippen LogP contribution is -2.24. The Balaban J connectivity index is 0.000000190. The van der Waals surface area contributed by atoms with E-state index in [1.54, 1.807) is 0 Å². The molecule has 0 aliphatic rings. The van der Waals surface area contributed by atoms with Crippen LogP contribution in [0.1, 0.15) is 105 Å². The minimum absolute atomic E-state index is 0.0267. The maximum atomic E-state index is 12.2. The highest BCUT2D eigenvalue weighted by atomic mass is 35.5. The first-order chi connectivity index (χ1) is 45.0. The van der Waals surface area contributed by atoms with E-state index in [-0.39, 0.29) is 98.6 Å². The van der Waals surface area contributed by atoms with Gasteiger partial charge in [-0.25, -0.2) is 47.9 Å². The van der Waals surface area contributed by atoms with Gasteiger partial charge in [-0.2, -0.15) is 39.5 Å². The van der Waals surface area contributed by atoms with Crippen molar-refractivity contribution < 1.29 is 61.6 Å². The van der Waals surface area contributed by atoms with Crippen molar-refractivity contribution in [1.29, 1.82) is 0 Å². The maximum Gasteiger partial charge on any atom is 0.389 e. The lowest BCUT2D eigenvalue weighted by molar-refractivity contribution is -0.136. The van der Waals surface area contributed by atoms with E-state index < -0.39 is 134 Å². The number of halogens is 10. The van der Waals surface area contributed by atoms with Crippen LogP contribution in [0.25, 0.3) is 55.5 Å². The van der Waals surface area contributed by atoms with E-state index in [9.17, 15) is 111 Å². The second-order valence-corrected chi connectivity index (χ2v) is 20.9. The Morgan fingerprint density at radius 3 is 0.802 bits per heavy atom. The van der Waals surface area contributed by atoms with Gasteiger partial charge in [-0.1, -0.05) is 26.2 Å². The van der Waals surface area contributed by atoms with Crippen molar-refractivity contribution in [1.82, 2.24) is 49.8 Å². The molecular formula is C56H52ClF9N10O20. The largest absolute Gasteiger partial charge is 0.405 e. The van der Waals surface area contributed by atoms with Crippen LogP contribution in [0.4, 0.5) is 39.5 Å². The molecule has 0 unspecified atom stereocenters. The van der Waals surface area contributed by atoms with Crippen LogP contribution < -0.4 is 84.4 Å². The van der Waals surface area contributed by atoms with Crippen LogP contribution in [-0.2, 0) is 32.1 Å². The van der Waals surface area contributed by atoms with Gasteiger partial charge in [0, 0.05) is 55.5 Å². The third kappa shape index (κ3) is 21.9. The van der Waals surface area contributed by atoms with Crippen LogP contribution in [0, 0.1) is 0 Å². The molecule has 10 heterocycles. The van der Waals surface area contributed by atoms with E-state index >= 15 is 0 Å². The van der Waals surface area contributed by atoms with Crippen LogP contribution in [0.15, 0.2) is 124 Å².